The zero-order chi connectivity index (χ0) is 13.9. The molecule has 3 nitrogen and oxygen atoms in total. The number of carboxylic acid groups (broad SMARTS) is 1. The normalized spacial score (nSPS) is 16.6. The number of aryl methyl sites for hydroxylation is 1. The van der Waals surface area contributed by atoms with Gasteiger partial charge in [-0.05, 0) is 42.3 Å². The smallest absolute Gasteiger partial charge is 0.303 e. The molecule has 0 aliphatic heterocycles. The molecule has 1 fully saturated rings. The van der Waals surface area contributed by atoms with Crippen LogP contribution in [0, 0.1) is 0 Å². The summed E-state index contributed by atoms with van der Waals surface area (Å²) in [6, 6.07) is 9.14. The van der Waals surface area contributed by atoms with Crippen LogP contribution in [0.15, 0.2) is 30.5 Å². The summed E-state index contributed by atoms with van der Waals surface area (Å²) < 4.78 is 2.40. The Morgan fingerprint density at radius 3 is 2.75 bits per heavy atom. The molecule has 1 aromatic heterocycles. The van der Waals surface area contributed by atoms with Gasteiger partial charge >= 0.3 is 5.97 Å². The Balaban J connectivity index is 1.88. The first-order chi connectivity index (χ1) is 9.74. The van der Waals surface area contributed by atoms with E-state index in [-0.39, 0.29) is 6.42 Å². The van der Waals surface area contributed by atoms with Crippen LogP contribution >= 0.6 is 0 Å². The molecule has 0 atom stereocenters. The van der Waals surface area contributed by atoms with Crippen molar-refractivity contribution in [1.82, 2.24) is 4.57 Å². The summed E-state index contributed by atoms with van der Waals surface area (Å²) in [6.45, 7) is 0. The van der Waals surface area contributed by atoms with E-state index in [1.54, 1.807) is 0 Å². The Hall–Kier alpha value is -1.77. The molecule has 0 radical (unpaired) electrons. The topological polar surface area (TPSA) is 42.2 Å². The number of aromatic nitrogens is 1. The molecule has 3 rings (SSSR count). The molecule has 0 unspecified atom stereocenters. The van der Waals surface area contributed by atoms with Crippen molar-refractivity contribution in [3.05, 3.63) is 36.0 Å². The number of nitrogens with zero attached hydrogens (tertiary/aromatic N) is 1. The number of benzene rings is 1. The Kier molecular flexibility index (Phi) is 3.77. The average Bonchev–Trinajstić information content (AvgIpc) is 2.89. The van der Waals surface area contributed by atoms with Crippen LogP contribution in [-0.2, 0) is 11.2 Å². The van der Waals surface area contributed by atoms with Gasteiger partial charge in [0.2, 0.25) is 0 Å². The van der Waals surface area contributed by atoms with Crippen molar-refractivity contribution >= 4 is 16.9 Å². The highest BCUT2D eigenvalue weighted by molar-refractivity contribution is 5.81. The van der Waals surface area contributed by atoms with Gasteiger partial charge in [-0.3, -0.25) is 4.79 Å². The molecule has 1 aliphatic carbocycles. The molecular formula is C17H21NO2. The molecule has 1 N–H and O–H groups in total. The van der Waals surface area contributed by atoms with Gasteiger partial charge in [-0.15, -0.1) is 0 Å². The van der Waals surface area contributed by atoms with E-state index in [9.17, 15) is 4.79 Å². The van der Waals surface area contributed by atoms with Gasteiger partial charge in [-0.25, -0.2) is 0 Å². The zero-order valence-corrected chi connectivity index (χ0v) is 11.7. The molecule has 1 aromatic carbocycles. The average molecular weight is 271 g/mol. The van der Waals surface area contributed by atoms with Crippen LogP contribution in [0.1, 0.15) is 50.1 Å². The Morgan fingerprint density at radius 1 is 1.20 bits per heavy atom. The molecule has 1 aliphatic rings. The number of hydrogen-bond acceptors (Lipinski definition) is 1. The number of rotatable bonds is 4. The number of aliphatic carboxylic acids is 1. The van der Waals surface area contributed by atoms with E-state index in [2.05, 4.69) is 35.0 Å². The van der Waals surface area contributed by atoms with E-state index in [0.29, 0.717) is 12.5 Å². The summed E-state index contributed by atoms with van der Waals surface area (Å²) in [6.07, 6.45) is 9.55. The third-order valence-electron chi connectivity index (χ3n) is 4.38. The Bertz CT molecular complexity index is 608. The van der Waals surface area contributed by atoms with Crippen molar-refractivity contribution in [1.29, 1.82) is 0 Å². The van der Waals surface area contributed by atoms with Crippen LogP contribution in [0.2, 0.25) is 0 Å². The van der Waals surface area contributed by atoms with Gasteiger partial charge in [0.05, 0.1) is 0 Å². The zero-order valence-electron chi connectivity index (χ0n) is 11.7. The fourth-order valence-electron chi connectivity index (χ4n) is 3.28. The monoisotopic (exact) mass is 271 g/mol. The maximum Gasteiger partial charge on any atom is 0.303 e. The van der Waals surface area contributed by atoms with E-state index >= 15 is 0 Å². The fourth-order valence-corrected chi connectivity index (χ4v) is 3.28. The highest BCUT2D eigenvalue weighted by Crippen LogP contribution is 2.32. The molecule has 1 saturated carbocycles. The summed E-state index contributed by atoms with van der Waals surface area (Å²) in [5.41, 5.74) is 2.38. The minimum atomic E-state index is -0.729. The lowest BCUT2D eigenvalue weighted by atomic mass is 9.95. The molecule has 0 bridgehead atoms. The van der Waals surface area contributed by atoms with Gasteiger partial charge < -0.3 is 9.67 Å². The van der Waals surface area contributed by atoms with E-state index in [0.717, 1.165) is 5.56 Å². The molecule has 2 aromatic rings. The first-order valence-corrected chi connectivity index (χ1v) is 7.55. The molecule has 20 heavy (non-hydrogen) atoms. The van der Waals surface area contributed by atoms with Crippen molar-refractivity contribution in [2.24, 2.45) is 0 Å². The first-order valence-electron chi connectivity index (χ1n) is 7.55. The van der Waals surface area contributed by atoms with Crippen molar-refractivity contribution < 1.29 is 9.90 Å². The number of fused-ring (bicyclic) bond motifs is 1. The second kappa shape index (κ2) is 5.70. The maximum atomic E-state index is 10.7. The lowest BCUT2D eigenvalue weighted by Gasteiger charge is -2.24. The van der Waals surface area contributed by atoms with Crippen LogP contribution in [0.5, 0.6) is 0 Å². The standard InChI is InChI=1S/C17H21NO2/c19-17(20)9-7-13-6-8-14-10-11-18(16(14)12-13)15-4-2-1-3-5-15/h6,8,10-12,15H,1-5,7,9H2,(H,19,20). The summed E-state index contributed by atoms with van der Waals surface area (Å²) in [5.74, 6) is -0.729. The van der Waals surface area contributed by atoms with Crippen LogP contribution in [0.4, 0.5) is 0 Å². The van der Waals surface area contributed by atoms with Crippen LogP contribution in [-0.4, -0.2) is 15.6 Å². The van der Waals surface area contributed by atoms with Crippen LogP contribution in [0.3, 0.4) is 0 Å². The van der Waals surface area contributed by atoms with E-state index in [1.165, 1.54) is 43.0 Å². The van der Waals surface area contributed by atoms with Crippen molar-refractivity contribution in [3.63, 3.8) is 0 Å². The van der Waals surface area contributed by atoms with Gasteiger partial charge in [-0.1, -0.05) is 31.4 Å². The van der Waals surface area contributed by atoms with Crippen LogP contribution < -0.4 is 0 Å². The van der Waals surface area contributed by atoms with Crippen molar-refractivity contribution in [3.8, 4) is 0 Å². The summed E-state index contributed by atoms with van der Waals surface area (Å²) >= 11 is 0. The fraction of sp³-hybridized carbons (Fsp3) is 0.471. The van der Waals surface area contributed by atoms with Crippen molar-refractivity contribution in [2.45, 2.75) is 51.0 Å². The lowest BCUT2D eigenvalue weighted by Crippen LogP contribution is -2.11. The molecule has 0 amide bonds. The predicted molar refractivity (Wildman–Crippen MR) is 80.0 cm³/mol. The summed E-state index contributed by atoms with van der Waals surface area (Å²) in [7, 11) is 0. The lowest BCUT2D eigenvalue weighted by molar-refractivity contribution is -0.136. The third-order valence-corrected chi connectivity index (χ3v) is 4.38. The van der Waals surface area contributed by atoms with Gasteiger partial charge in [0.1, 0.15) is 0 Å². The summed E-state index contributed by atoms with van der Waals surface area (Å²) in [5, 5.41) is 10.1. The van der Waals surface area contributed by atoms with Gasteiger partial charge in [0.25, 0.3) is 0 Å². The second-order valence-corrected chi connectivity index (χ2v) is 5.80. The highest BCUT2D eigenvalue weighted by atomic mass is 16.4. The van der Waals surface area contributed by atoms with Gasteiger partial charge in [0, 0.05) is 24.2 Å². The SMILES string of the molecule is O=C(O)CCc1ccc2ccn(C3CCCCC3)c2c1. The van der Waals surface area contributed by atoms with Crippen molar-refractivity contribution in [2.75, 3.05) is 0 Å². The Morgan fingerprint density at radius 2 is 2.00 bits per heavy atom. The number of hydrogen-bond donors (Lipinski definition) is 1. The van der Waals surface area contributed by atoms with Gasteiger partial charge in [-0.2, -0.15) is 0 Å². The molecule has 0 saturated heterocycles. The van der Waals surface area contributed by atoms with Gasteiger partial charge in [0.15, 0.2) is 0 Å². The number of carboxylic acids is 1. The minimum absolute atomic E-state index is 0.204. The molecule has 106 valence electrons. The van der Waals surface area contributed by atoms with Crippen LogP contribution in [0.25, 0.3) is 10.9 Å². The van der Waals surface area contributed by atoms with E-state index in [4.69, 9.17) is 5.11 Å². The first kappa shape index (κ1) is 13.2. The largest absolute Gasteiger partial charge is 0.481 e. The Labute approximate surface area is 119 Å². The molecule has 3 heteroatoms. The second-order valence-electron chi connectivity index (χ2n) is 5.80. The summed E-state index contributed by atoms with van der Waals surface area (Å²) in [4.78, 5) is 10.7. The molecule has 1 heterocycles. The highest BCUT2D eigenvalue weighted by Gasteiger charge is 2.16. The minimum Gasteiger partial charge on any atom is -0.481 e. The van der Waals surface area contributed by atoms with E-state index in [1.807, 2.05) is 0 Å². The molecular weight excluding hydrogens is 250 g/mol. The maximum absolute atomic E-state index is 10.7. The third kappa shape index (κ3) is 2.72. The van der Waals surface area contributed by atoms with E-state index < -0.39 is 5.97 Å². The predicted octanol–water partition coefficient (Wildman–Crippen LogP) is 4.16. The number of carbonyl (C=O) groups is 1. The molecule has 0 spiro atoms. The quantitative estimate of drug-likeness (QED) is 0.907.